The number of anilines is 2. The van der Waals surface area contributed by atoms with Gasteiger partial charge in [0.1, 0.15) is 0 Å². The first-order valence-corrected chi connectivity index (χ1v) is 7.16. The molecule has 1 saturated carbocycles. The van der Waals surface area contributed by atoms with E-state index in [1.165, 1.54) is 18.9 Å². The van der Waals surface area contributed by atoms with Gasteiger partial charge in [0.15, 0.2) is 0 Å². The number of rotatable bonds is 6. The SMILES string of the molecule is CN(C)c1ccc(C(F)(F)F)cc1NC(=O)CNCC1CC1. The molecule has 7 heteroatoms. The molecule has 1 aliphatic carbocycles. The van der Waals surface area contributed by atoms with Crippen molar-refractivity contribution in [3.63, 3.8) is 0 Å². The van der Waals surface area contributed by atoms with E-state index in [2.05, 4.69) is 10.6 Å². The van der Waals surface area contributed by atoms with Crippen molar-refractivity contribution in [2.75, 3.05) is 37.4 Å². The number of carbonyl (C=O) groups excluding carboxylic acids is 1. The van der Waals surface area contributed by atoms with Crippen LogP contribution in [0.15, 0.2) is 18.2 Å². The highest BCUT2D eigenvalue weighted by Gasteiger charge is 2.31. The monoisotopic (exact) mass is 315 g/mol. The van der Waals surface area contributed by atoms with Crippen molar-refractivity contribution >= 4 is 17.3 Å². The lowest BCUT2D eigenvalue weighted by atomic mass is 10.1. The van der Waals surface area contributed by atoms with Crippen molar-refractivity contribution in [3.05, 3.63) is 23.8 Å². The third-order valence-electron chi connectivity index (χ3n) is 3.50. The molecule has 1 aromatic rings. The molecule has 4 nitrogen and oxygen atoms in total. The molecular formula is C15H20F3N3O. The van der Waals surface area contributed by atoms with Gasteiger partial charge in [-0.2, -0.15) is 13.2 Å². The maximum atomic E-state index is 12.8. The van der Waals surface area contributed by atoms with Crippen molar-refractivity contribution < 1.29 is 18.0 Å². The van der Waals surface area contributed by atoms with Crippen molar-refractivity contribution in [1.29, 1.82) is 0 Å². The lowest BCUT2D eigenvalue weighted by molar-refractivity contribution is -0.137. The van der Waals surface area contributed by atoms with Gasteiger partial charge in [0.25, 0.3) is 0 Å². The van der Waals surface area contributed by atoms with Crippen molar-refractivity contribution in [2.45, 2.75) is 19.0 Å². The molecule has 0 aliphatic heterocycles. The summed E-state index contributed by atoms with van der Waals surface area (Å²) in [5.74, 6) is 0.293. The average Bonchev–Trinajstić information content (AvgIpc) is 3.21. The highest BCUT2D eigenvalue weighted by molar-refractivity contribution is 5.95. The second kappa shape index (κ2) is 6.56. The lowest BCUT2D eigenvalue weighted by Crippen LogP contribution is -2.30. The number of alkyl halides is 3. The molecule has 0 bridgehead atoms. The molecule has 0 spiro atoms. The Balaban J connectivity index is 2.06. The van der Waals surface area contributed by atoms with Gasteiger partial charge in [0.05, 0.1) is 23.5 Å². The summed E-state index contributed by atoms with van der Waals surface area (Å²) in [4.78, 5) is 13.5. The van der Waals surface area contributed by atoms with Gasteiger partial charge in [-0.1, -0.05) is 0 Å². The second-order valence-corrected chi connectivity index (χ2v) is 5.75. The Morgan fingerprint density at radius 3 is 2.55 bits per heavy atom. The summed E-state index contributed by atoms with van der Waals surface area (Å²) in [7, 11) is 3.42. The van der Waals surface area contributed by atoms with Crippen molar-refractivity contribution in [2.24, 2.45) is 5.92 Å². The van der Waals surface area contributed by atoms with Gasteiger partial charge in [-0.25, -0.2) is 0 Å². The number of carbonyl (C=O) groups is 1. The maximum absolute atomic E-state index is 12.8. The van der Waals surface area contributed by atoms with Crippen molar-refractivity contribution in [3.8, 4) is 0 Å². The minimum absolute atomic E-state index is 0.0968. The fourth-order valence-electron chi connectivity index (χ4n) is 2.11. The van der Waals surface area contributed by atoms with E-state index in [-0.39, 0.29) is 18.1 Å². The Bertz CT molecular complexity index is 539. The molecule has 2 rings (SSSR count). The molecule has 1 amide bonds. The Morgan fingerprint density at radius 2 is 2.00 bits per heavy atom. The minimum Gasteiger partial charge on any atom is -0.376 e. The van der Waals surface area contributed by atoms with Crippen molar-refractivity contribution in [1.82, 2.24) is 5.32 Å². The highest BCUT2D eigenvalue weighted by atomic mass is 19.4. The molecule has 0 saturated heterocycles. The van der Waals surface area contributed by atoms with Crippen LogP contribution in [0.25, 0.3) is 0 Å². The van der Waals surface area contributed by atoms with Gasteiger partial charge in [-0.05, 0) is 43.5 Å². The number of benzene rings is 1. The first-order valence-electron chi connectivity index (χ1n) is 7.16. The van der Waals surface area contributed by atoms with E-state index < -0.39 is 11.7 Å². The summed E-state index contributed by atoms with van der Waals surface area (Å²) in [5.41, 5.74) is -0.0825. The van der Waals surface area contributed by atoms with E-state index in [0.717, 1.165) is 18.7 Å². The van der Waals surface area contributed by atoms with Crippen LogP contribution in [-0.2, 0) is 11.0 Å². The molecular weight excluding hydrogens is 295 g/mol. The maximum Gasteiger partial charge on any atom is 0.416 e. The number of hydrogen-bond donors (Lipinski definition) is 2. The van der Waals surface area contributed by atoms with Crippen LogP contribution in [0.2, 0.25) is 0 Å². The molecule has 22 heavy (non-hydrogen) atoms. The number of halogens is 3. The van der Waals surface area contributed by atoms with Crippen LogP contribution in [0.3, 0.4) is 0 Å². The fourth-order valence-corrected chi connectivity index (χ4v) is 2.11. The Hall–Kier alpha value is -1.76. The first kappa shape index (κ1) is 16.6. The molecule has 0 radical (unpaired) electrons. The zero-order chi connectivity index (χ0) is 16.3. The van der Waals surface area contributed by atoms with E-state index in [1.54, 1.807) is 19.0 Å². The van der Waals surface area contributed by atoms with Crippen LogP contribution in [0.1, 0.15) is 18.4 Å². The average molecular weight is 315 g/mol. The van der Waals surface area contributed by atoms with Gasteiger partial charge in [-0.3, -0.25) is 4.79 Å². The molecule has 2 N–H and O–H groups in total. The number of hydrogen-bond acceptors (Lipinski definition) is 3. The van der Waals surface area contributed by atoms with E-state index in [4.69, 9.17) is 0 Å². The Kier molecular flexibility index (Phi) is 4.95. The minimum atomic E-state index is -4.44. The molecule has 0 unspecified atom stereocenters. The Labute approximate surface area is 127 Å². The molecule has 122 valence electrons. The summed E-state index contributed by atoms with van der Waals surface area (Å²) in [6.07, 6.45) is -2.09. The molecule has 1 fully saturated rings. The van der Waals surface area contributed by atoms with Crippen LogP contribution in [0.5, 0.6) is 0 Å². The van der Waals surface area contributed by atoms with Gasteiger partial charge in [0.2, 0.25) is 5.91 Å². The normalized spacial score (nSPS) is 14.8. The molecule has 1 aromatic carbocycles. The summed E-state index contributed by atoms with van der Waals surface area (Å²) >= 11 is 0. The van der Waals surface area contributed by atoms with Crippen LogP contribution < -0.4 is 15.5 Å². The van der Waals surface area contributed by atoms with Crippen LogP contribution in [0.4, 0.5) is 24.5 Å². The third kappa shape index (κ3) is 4.62. The standard InChI is InChI=1S/C15H20F3N3O/c1-21(2)13-6-5-11(15(16,17)18)7-12(13)20-14(22)9-19-8-10-3-4-10/h5-7,10,19H,3-4,8-9H2,1-2H3,(H,20,22). The van der Waals surface area contributed by atoms with E-state index in [9.17, 15) is 18.0 Å². The topological polar surface area (TPSA) is 44.4 Å². The third-order valence-corrected chi connectivity index (χ3v) is 3.50. The lowest BCUT2D eigenvalue weighted by Gasteiger charge is -2.20. The molecule has 0 atom stereocenters. The van der Waals surface area contributed by atoms with Crippen LogP contribution >= 0.6 is 0 Å². The molecule has 0 heterocycles. The van der Waals surface area contributed by atoms with E-state index in [1.807, 2.05) is 0 Å². The summed E-state index contributed by atoms with van der Waals surface area (Å²) in [6.45, 7) is 0.871. The second-order valence-electron chi connectivity index (χ2n) is 5.75. The number of amides is 1. The quantitative estimate of drug-likeness (QED) is 0.848. The van der Waals surface area contributed by atoms with Gasteiger partial charge in [-0.15, -0.1) is 0 Å². The number of nitrogens with zero attached hydrogens (tertiary/aromatic N) is 1. The Morgan fingerprint density at radius 1 is 1.32 bits per heavy atom. The predicted molar refractivity (Wildman–Crippen MR) is 80.0 cm³/mol. The molecule has 0 aromatic heterocycles. The molecule has 1 aliphatic rings. The summed E-state index contributed by atoms with van der Waals surface area (Å²) < 4.78 is 38.4. The van der Waals surface area contributed by atoms with Gasteiger partial charge in [0, 0.05) is 14.1 Å². The summed E-state index contributed by atoms with van der Waals surface area (Å²) in [6, 6.07) is 3.33. The number of nitrogens with one attached hydrogen (secondary N) is 2. The van der Waals surface area contributed by atoms with E-state index >= 15 is 0 Å². The fraction of sp³-hybridized carbons (Fsp3) is 0.533. The zero-order valence-corrected chi connectivity index (χ0v) is 12.6. The van der Waals surface area contributed by atoms with Crippen LogP contribution in [-0.4, -0.2) is 33.1 Å². The first-order chi connectivity index (χ1) is 10.3. The largest absolute Gasteiger partial charge is 0.416 e. The smallest absolute Gasteiger partial charge is 0.376 e. The van der Waals surface area contributed by atoms with Gasteiger partial charge < -0.3 is 15.5 Å². The highest BCUT2D eigenvalue weighted by Crippen LogP contribution is 2.34. The van der Waals surface area contributed by atoms with Gasteiger partial charge >= 0.3 is 6.18 Å². The van der Waals surface area contributed by atoms with E-state index in [0.29, 0.717) is 11.6 Å². The predicted octanol–water partition coefficient (Wildman–Crippen LogP) is 2.71. The zero-order valence-electron chi connectivity index (χ0n) is 12.6. The van der Waals surface area contributed by atoms with Crippen LogP contribution in [0, 0.1) is 5.92 Å². The summed E-state index contributed by atoms with van der Waals surface area (Å²) in [5, 5.41) is 5.57.